The number of fused-ring (bicyclic) bond motifs is 1. The number of carbonyl (C=O) groups is 1. The maximum Gasteiger partial charge on any atom is 0.240 e. The Kier molecular flexibility index (Phi) is 5.33. The maximum absolute atomic E-state index is 12.3. The molecule has 28 heavy (non-hydrogen) atoms. The monoisotopic (exact) mass is 371 g/mol. The molecule has 5 heteroatoms. The number of rotatable bonds is 7. The van der Waals surface area contributed by atoms with Crippen LogP contribution in [-0.2, 0) is 24.5 Å². The van der Waals surface area contributed by atoms with Crippen LogP contribution in [-0.4, -0.2) is 15.5 Å². The molecule has 0 atom stereocenters. The molecule has 0 unspecified atom stereocenters. The second kappa shape index (κ2) is 8.39. The van der Waals surface area contributed by atoms with Crippen LogP contribution in [0, 0.1) is 0 Å². The molecule has 4 rings (SSSR count). The molecule has 1 amide bonds. The van der Waals surface area contributed by atoms with Gasteiger partial charge in [0.25, 0.3) is 0 Å². The van der Waals surface area contributed by atoms with Crippen LogP contribution in [0.2, 0.25) is 0 Å². The maximum atomic E-state index is 12.3. The number of hydrogen-bond donors (Lipinski definition) is 1. The number of nitrogens with zero attached hydrogens (tertiary/aromatic N) is 2. The average Bonchev–Trinajstić information content (AvgIpc) is 3.14. The first-order valence-corrected chi connectivity index (χ1v) is 9.19. The van der Waals surface area contributed by atoms with Crippen molar-refractivity contribution in [1.29, 1.82) is 0 Å². The summed E-state index contributed by atoms with van der Waals surface area (Å²) in [4.78, 5) is 16.3. The Morgan fingerprint density at radius 1 is 0.964 bits per heavy atom. The van der Waals surface area contributed by atoms with Crippen LogP contribution in [0.5, 0.6) is 5.75 Å². The summed E-state index contributed by atoms with van der Waals surface area (Å²) < 4.78 is 7.83. The molecule has 5 nitrogen and oxygen atoms in total. The Hall–Kier alpha value is -3.60. The van der Waals surface area contributed by atoms with Gasteiger partial charge in [-0.25, -0.2) is 0 Å². The highest BCUT2D eigenvalue weighted by molar-refractivity contribution is 5.84. The minimum absolute atomic E-state index is 0.0290. The van der Waals surface area contributed by atoms with Gasteiger partial charge in [-0.2, -0.15) is 0 Å². The zero-order valence-electron chi connectivity index (χ0n) is 15.4. The summed E-state index contributed by atoms with van der Waals surface area (Å²) in [7, 11) is 0. The van der Waals surface area contributed by atoms with E-state index in [4.69, 9.17) is 4.74 Å². The highest BCUT2D eigenvalue weighted by Gasteiger charge is 2.07. The zero-order valence-corrected chi connectivity index (χ0v) is 15.4. The molecule has 0 aliphatic rings. The molecule has 0 saturated carbocycles. The summed E-state index contributed by atoms with van der Waals surface area (Å²) >= 11 is 0. The Balaban J connectivity index is 1.38. The minimum Gasteiger partial charge on any atom is -0.489 e. The van der Waals surface area contributed by atoms with Crippen LogP contribution in [0.15, 0.2) is 85.3 Å². The third-order valence-electron chi connectivity index (χ3n) is 4.54. The van der Waals surface area contributed by atoms with Gasteiger partial charge in [-0.15, -0.1) is 0 Å². The van der Waals surface area contributed by atoms with E-state index in [0.29, 0.717) is 13.2 Å². The Morgan fingerprint density at radius 2 is 1.79 bits per heavy atom. The molecule has 2 aromatic heterocycles. The van der Waals surface area contributed by atoms with Crippen LogP contribution in [0.25, 0.3) is 10.9 Å². The van der Waals surface area contributed by atoms with E-state index in [9.17, 15) is 4.79 Å². The van der Waals surface area contributed by atoms with E-state index < -0.39 is 0 Å². The lowest BCUT2D eigenvalue weighted by Crippen LogP contribution is -2.26. The first-order valence-electron chi connectivity index (χ1n) is 9.19. The van der Waals surface area contributed by atoms with E-state index >= 15 is 0 Å². The van der Waals surface area contributed by atoms with Crippen molar-refractivity contribution >= 4 is 16.8 Å². The molecule has 0 saturated heterocycles. The summed E-state index contributed by atoms with van der Waals surface area (Å²) in [5.41, 5.74) is 3.16. The fourth-order valence-corrected chi connectivity index (χ4v) is 3.06. The van der Waals surface area contributed by atoms with E-state index in [1.165, 1.54) is 0 Å². The van der Waals surface area contributed by atoms with E-state index in [-0.39, 0.29) is 12.5 Å². The molecule has 0 bridgehead atoms. The van der Waals surface area contributed by atoms with Gasteiger partial charge in [0.15, 0.2) is 0 Å². The normalized spacial score (nSPS) is 10.7. The van der Waals surface area contributed by atoms with Crippen LogP contribution in [0.4, 0.5) is 0 Å². The van der Waals surface area contributed by atoms with Gasteiger partial charge in [-0.1, -0.05) is 30.3 Å². The predicted molar refractivity (Wildman–Crippen MR) is 109 cm³/mol. The molecule has 2 aromatic carbocycles. The quantitative estimate of drug-likeness (QED) is 0.535. The van der Waals surface area contributed by atoms with Crippen molar-refractivity contribution in [2.75, 3.05) is 0 Å². The summed E-state index contributed by atoms with van der Waals surface area (Å²) in [6.45, 7) is 1.31. The van der Waals surface area contributed by atoms with Gasteiger partial charge < -0.3 is 14.6 Å². The van der Waals surface area contributed by atoms with Gasteiger partial charge in [-0.05, 0) is 47.5 Å². The lowest BCUT2D eigenvalue weighted by molar-refractivity contribution is -0.121. The van der Waals surface area contributed by atoms with Crippen LogP contribution in [0.3, 0.4) is 0 Å². The third kappa shape index (κ3) is 4.38. The lowest BCUT2D eigenvalue weighted by Gasteiger charge is -2.09. The molecule has 2 heterocycles. The molecule has 0 radical (unpaired) electrons. The second-order valence-electron chi connectivity index (χ2n) is 6.57. The van der Waals surface area contributed by atoms with Gasteiger partial charge in [0, 0.05) is 36.0 Å². The number of ether oxygens (including phenoxy) is 1. The summed E-state index contributed by atoms with van der Waals surface area (Å²) in [5, 5.41) is 3.99. The first kappa shape index (κ1) is 17.8. The Bertz CT molecular complexity index is 1060. The van der Waals surface area contributed by atoms with Crippen molar-refractivity contribution in [1.82, 2.24) is 14.9 Å². The fraction of sp³-hybridized carbons (Fsp3) is 0.130. The van der Waals surface area contributed by atoms with Crippen molar-refractivity contribution < 1.29 is 9.53 Å². The molecule has 0 aliphatic heterocycles. The van der Waals surface area contributed by atoms with Crippen molar-refractivity contribution in [3.05, 3.63) is 96.4 Å². The van der Waals surface area contributed by atoms with Gasteiger partial charge >= 0.3 is 0 Å². The largest absolute Gasteiger partial charge is 0.489 e. The van der Waals surface area contributed by atoms with Crippen LogP contribution < -0.4 is 10.1 Å². The number of aromatic nitrogens is 2. The predicted octanol–water partition coefficient (Wildman–Crippen LogP) is 3.93. The molecule has 0 fully saturated rings. The van der Waals surface area contributed by atoms with E-state index in [2.05, 4.69) is 10.3 Å². The van der Waals surface area contributed by atoms with E-state index in [0.717, 1.165) is 27.8 Å². The fourth-order valence-electron chi connectivity index (χ4n) is 3.06. The zero-order chi connectivity index (χ0) is 19.2. The number of amides is 1. The SMILES string of the molecule is O=C(Cn1ccc2cc(OCc3ccccc3)ccc21)NCc1ccncc1. The number of carbonyl (C=O) groups excluding carboxylic acids is 1. The molecule has 0 aliphatic carbocycles. The summed E-state index contributed by atoms with van der Waals surface area (Å²) in [6.07, 6.45) is 5.37. The molecule has 140 valence electrons. The minimum atomic E-state index is -0.0290. The lowest BCUT2D eigenvalue weighted by atomic mass is 10.2. The van der Waals surface area contributed by atoms with Gasteiger partial charge in [0.05, 0.1) is 0 Å². The van der Waals surface area contributed by atoms with Crippen LogP contribution >= 0.6 is 0 Å². The van der Waals surface area contributed by atoms with E-state index in [1.807, 2.05) is 77.5 Å². The molecule has 1 N–H and O–H groups in total. The van der Waals surface area contributed by atoms with Crippen molar-refractivity contribution in [3.8, 4) is 5.75 Å². The Labute approximate surface area is 163 Å². The third-order valence-corrected chi connectivity index (χ3v) is 4.54. The Morgan fingerprint density at radius 3 is 2.61 bits per heavy atom. The summed E-state index contributed by atoms with van der Waals surface area (Å²) in [5.74, 6) is 0.787. The van der Waals surface area contributed by atoms with Crippen LogP contribution in [0.1, 0.15) is 11.1 Å². The highest BCUT2D eigenvalue weighted by Crippen LogP contribution is 2.23. The number of pyridine rings is 1. The van der Waals surface area contributed by atoms with E-state index in [1.54, 1.807) is 12.4 Å². The van der Waals surface area contributed by atoms with Crippen molar-refractivity contribution in [3.63, 3.8) is 0 Å². The average molecular weight is 371 g/mol. The second-order valence-corrected chi connectivity index (χ2v) is 6.57. The molecule has 0 spiro atoms. The number of nitrogens with one attached hydrogen (secondary N) is 1. The first-order chi connectivity index (χ1) is 13.8. The standard InChI is InChI=1S/C23H21N3O2/c27-23(25-15-18-8-11-24-12-9-18)16-26-13-10-20-14-21(6-7-22(20)26)28-17-19-4-2-1-3-5-19/h1-14H,15-17H2,(H,25,27). The van der Waals surface area contributed by atoms with Crippen molar-refractivity contribution in [2.45, 2.75) is 19.7 Å². The van der Waals surface area contributed by atoms with Gasteiger partial charge in [0.1, 0.15) is 18.9 Å². The molecule has 4 aromatic rings. The molecular weight excluding hydrogens is 350 g/mol. The topological polar surface area (TPSA) is 56.1 Å². The summed E-state index contributed by atoms with van der Waals surface area (Å²) in [6, 6.07) is 21.8. The number of benzene rings is 2. The number of hydrogen-bond acceptors (Lipinski definition) is 3. The smallest absolute Gasteiger partial charge is 0.240 e. The van der Waals surface area contributed by atoms with Crippen molar-refractivity contribution in [2.24, 2.45) is 0 Å². The molecular formula is C23H21N3O2. The highest BCUT2D eigenvalue weighted by atomic mass is 16.5. The van der Waals surface area contributed by atoms with Gasteiger partial charge in [-0.3, -0.25) is 9.78 Å². The van der Waals surface area contributed by atoms with Gasteiger partial charge in [0.2, 0.25) is 5.91 Å².